The first-order valence-electron chi connectivity index (χ1n) is 5.48. The van der Waals surface area contributed by atoms with Crippen molar-refractivity contribution in [3.63, 3.8) is 0 Å². The number of amides is 4. The Kier molecular flexibility index (Phi) is 3.43. The van der Waals surface area contributed by atoms with Crippen molar-refractivity contribution in [2.45, 2.75) is 0 Å². The topological polar surface area (TPSA) is 102 Å². The smallest absolute Gasteiger partial charge is 0.325 e. The monoisotopic (exact) mass is 258 g/mol. The lowest BCUT2D eigenvalue weighted by Crippen LogP contribution is -2.38. The zero-order chi connectivity index (χ0) is 13.8. The van der Waals surface area contributed by atoms with E-state index in [0.717, 1.165) is 4.90 Å². The van der Waals surface area contributed by atoms with Crippen molar-refractivity contribution in [2.24, 2.45) is 0 Å². The standard InChI is InChI=1S/C12H10N4O3/c13-5-8-1-3-9(4-2-8)15-10(17)7-16-11(18)6-14-12(16)19/h1-4H,6-7H2,(H,14,19)(H,15,17). The number of hydrogen-bond acceptors (Lipinski definition) is 4. The summed E-state index contributed by atoms with van der Waals surface area (Å²) in [6, 6.07) is 7.65. The van der Waals surface area contributed by atoms with Crippen molar-refractivity contribution in [3.8, 4) is 6.07 Å². The Bertz CT molecular complexity index is 558. The summed E-state index contributed by atoms with van der Waals surface area (Å²) in [4.78, 5) is 35.0. The second-order valence-electron chi connectivity index (χ2n) is 3.88. The molecule has 0 radical (unpaired) electrons. The molecule has 0 saturated carbocycles. The lowest BCUT2D eigenvalue weighted by molar-refractivity contribution is -0.128. The maximum absolute atomic E-state index is 11.7. The average Bonchev–Trinajstić information content (AvgIpc) is 2.71. The van der Waals surface area contributed by atoms with E-state index >= 15 is 0 Å². The molecule has 19 heavy (non-hydrogen) atoms. The van der Waals surface area contributed by atoms with Gasteiger partial charge in [0.25, 0.3) is 5.91 Å². The van der Waals surface area contributed by atoms with Crippen molar-refractivity contribution in [1.29, 1.82) is 5.26 Å². The molecule has 1 aliphatic rings. The molecule has 1 aliphatic heterocycles. The minimum atomic E-state index is -0.569. The Morgan fingerprint density at radius 2 is 2.05 bits per heavy atom. The highest BCUT2D eigenvalue weighted by Crippen LogP contribution is 2.09. The molecule has 0 spiro atoms. The summed E-state index contributed by atoms with van der Waals surface area (Å²) in [6.07, 6.45) is 0. The minimum Gasteiger partial charge on any atom is -0.329 e. The Morgan fingerprint density at radius 1 is 1.37 bits per heavy atom. The Morgan fingerprint density at radius 3 is 2.58 bits per heavy atom. The fraction of sp³-hybridized carbons (Fsp3) is 0.167. The molecule has 0 unspecified atom stereocenters. The minimum absolute atomic E-state index is 0.0804. The van der Waals surface area contributed by atoms with E-state index in [1.54, 1.807) is 24.3 Å². The van der Waals surface area contributed by atoms with Crippen LogP contribution in [0.3, 0.4) is 0 Å². The second kappa shape index (κ2) is 5.18. The van der Waals surface area contributed by atoms with Crippen molar-refractivity contribution in [3.05, 3.63) is 29.8 Å². The van der Waals surface area contributed by atoms with Gasteiger partial charge in [0.15, 0.2) is 0 Å². The van der Waals surface area contributed by atoms with Gasteiger partial charge in [0.1, 0.15) is 6.54 Å². The summed E-state index contributed by atoms with van der Waals surface area (Å²) in [6.45, 7) is -0.409. The van der Waals surface area contributed by atoms with E-state index in [2.05, 4.69) is 10.6 Å². The molecule has 0 aliphatic carbocycles. The van der Waals surface area contributed by atoms with Crippen LogP contribution in [0.4, 0.5) is 10.5 Å². The van der Waals surface area contributed by atoms with Crippen molar-refractivity contribution in [1.82, 2.24) is 10.2 Å². The fourth-order valence-corrected chi connectivity index (χ4v) is 1.59. The first kappa shape index (κ1) is 12.6. The van der Waals surface area contributed by atoms with Gasteiger partial charge in [-0.15, -0.1) is 0 Å². The summed E-state index contributed by atoms with van der Waals surface area (Å²) >= 11 is 0. The molecular weight excluding hydrogens is 248 g/mol. The molecule has 1 saturated heterocycles. The fourth-order valence-electron chi connectivity index (χ4n) is 1.59. The number of hydrogen-bond donors (Lipinski definition) is 2. The van der Waals surface area contributed by atoms with Crippen molar-refractivity contribution in [2.75, 3.05) is 18.4 Å². The number of imide groups is 1. The number of carbonyl (C=O) groups is 3. The summed E-state index contributed by atoms with van der Waals surface area (Å²) in [5.41, 5.74) is 0.975. The second-order valence-corrected chi connectivity index (χ2v) is 3.88. The molecule has 1 heterocycles. The summed E-state index contributed by atoms with van der Waals surface area (Å²) < 4.78 is 0. The van der Waals surface area contributed by atoms with E-state index in [4.69, 9.17) is 5.26 Å². The van der Waals surface area contributed by atoms with E-state index in [1.807, 2.05) is 6.07 Å². The first-order chi connectivity index (χ1) is 9.10. The van der Waals surface area contributed by atoms with Gasteiger partial charge in [-0.2, -0.15) is 5.26 Å². The van der Waals surface area contributed by atoms with Gasteiger partial charge < -0.3 is 10.6 Å². The number of urea groups is 1. The van der Waals surface area contributed by atoms with Gasteiger partial charge in [0, 0.05) is 5.69 Å². The van der Waals surface area contributed by atoms with Crippen LogP contribution in [0.15, 0.2) is 24.3 Å². The molecule has 0 aromatic heterocycles. The third-order valence-electron chi connectivity index (χ3n) is 2.54. The van der Waals surface area contributed by atoms with Crippen LogP contribution in [0.2, 0.25) is 0 Å². The molecule has 2 N–H and O–H groups in total. The van der Waals surface area contributed by atoms with Crippen LogP contribution in [-0.2, 0) is 9.59 Å². The van der Waals surface area contributed by atoms with Gasteiger partial charge in [-0.25, -0.2) is 4.79 Å². The molecule has 1 fully saturated rings. The van der Waals surface area contributed by atoms with Gasteiger partial charge in [0.05, 0.1) is 18.2 Å². The predicted molar refractivity (Wildman–Crippen MR) is 64.9 cm³/mol. The quantitative estimate of drug-likeness (QED) is 0.747. The van der Waals surface area contributed by atoms with Crippen LogP contribution in [0, 0.1) is 11.3 Å². The van der Waals surface area contributed by atoms with Gasteiger partial charge in [-0.3, -0.25) is 14.5 Å². The van der Waals surface area contributed by atoms with Crippen molar-refractivity contribution >= 4 is 23.5 Å². The SMILES string of the molecule is N#Cc1ccc(NC(=O)CN2C(=O)CNC2=O)cc1. The molecule has 1 aromatic rings. The van der Waals surface area contributed by atoms with Crippen LogP contribution in [0.5, 0.6) is 0 Å². The van der Waals surface area contributed by atoms with E-state index in [-0.39, 0.29) is 13.1 Å². The zero-order valence-corrected chi connectivity index (χ0v) is 9.84. The zero-order valence-electron chi connectivity index (χ0n) is 9.84. The highest BCUT2D eigenvalue weighted by atomic mass is 16.2. The number of nitriles is 1. The van der Waals surface area contributed by atoms with Gasteiger partial charge >= 0.3 is 6.03 Å². The van der Waals surface area contributed by atoms with Crippen LogP contribution in [0.25, 0.3) is 0 Å². The molecule has 7 heteroatoms. The van der Waals surface area contributed by atoms with Gasteiger partial charge in [0.2, 0.25) is 5.91 Å². The molecule has 0 bridgehead atoms. The lowest BCUT2D eigenvalue weighted by Gasteiger charge is -2.12. The van der Waals surface area contributed by atoms with Crippen LogP contribution in [-0.4, -0.2) is 35.8 Å². The lowest BCUT2D eigenvalue weighted by atomic mass is 10.2. The summed E-state index contributed by atoms with van der Waals surface area (Å²) in [7, 11) is 0. The molecule has 2 rings (SSSR count). The number of anilines is 1. The van der Waals surface area contributed by atoms with Crippen LogP contribution >= 0.6 is 0 Å². The highest BCUT2D eigenvalue weighted by Gasteiger charge is 2.30. The number of rotatable bonds is 3. The van der Waals surface area contributed by atoms with E-state index < -0.39 is 17.8 Å². The van der Waals surface area contributed by atoms with E-state index in [0.29, 0.717) is 11.3 Å². The number of carbonyl (C=O) groups excluding carboxylic acids is 3. The predicted octanol–water partition coefficient (Wildman–Crippen LogP) is 0.0486. The van der Waals surface area contributed by atoms with E-state index in [1.165, 1.54) is 0 Å². The maximum atomic E-state index is 11.7. The normalized spacial score (nSPS) is 13.9. The first-order valence-corrected chi connectivity index (χ1v) is 5.48. The summed E-state index contributed by atoms with van der Waals surface area (Å²) in [5.74, 6) is -0.907. The van der Waals surface area contributed by atoms with Crippen molar-refractivity contribution < 1.29 is 14.4 Å². The largest absolute Gasteiger partial charge is 0.329 e. The van der Waals surface area contributed by atoms with E-state index in [9.17, 15) is 14.4 Å². The number of nitrogens with one attached hydrogen (secondary N) is 2. The Hall–Kier alpha value is -2.88. The number of nitrogens with zero attached hydrogens (tertiary/aromatic N) is 2. The molecule has 0 atom stereocenters. The van der Waals surface area contributed by atoms with Crippen LogP contribution < -0.4 is 10.6 Å². The highest BCUT2D eigenvalue weighted by molar-refractivity contribution is 6.06. The maximum Gasteiger partial charge on any atom is 0.325 e. The molecule has 96 valence electrons. The Balaban J connectivity index is 1.95. The van der Waals surface area contributed by atoms with Crippen LogP contribution in [0.1, 0.15) is 5.56 Å². The number of benzene rings is 1. The average molecular weight is 258 g/mol. The molecule has 1 aromatic carbocycles. The molecule has 7 nitrogen and oxygen atoms in total. The molecule has 4 amide bonds. The third-order valence-corrected chi connectivity index (χ3v) is 2.54. The Labute approximate surface area is 108 Å². The molecular formula is C12H10N4O3. The van der Waals surface area contributed by atoms with Gasteiger partial charge in [-0.05, 0) is 24.3 Å². The third kappa shape index (κ3) is 2.87. The van der Waals surface area contributed by atoms with Gasteiger partial charge in [-0.1, -0.05) is 0 Å². The summed E-state index contributed by atoms with van der Waals surface area (Å²) in [5, 5.41) is 13.5.